The number of rotatable bonds is 10. The summed E-state index contributed by atoms with van der Waals surface area (Å²) in [5.74, 6) is 1.26. The topological polar surface area (TPSA) is 49.7 Å². The van der Waals surface area contributed by atoms with Gasteiger partial charge in [-0.15, -0.1) is 0 Å². The Balaban J connectivity index is 1.68. The van der Waals surface area contributed by atoms with E-state index in [9.17, 15) is 10.2 Å². The van der Waals surface area contributed by atoms with Crippen LogP contribution in [0, 0.1) is 48.5 Å². The maximum absolute atomic E-state index is 11.3. The molecule has 7 rings (SSSR count). The van der Waals surface area contributed by atoms with E-state index in [0.29, 0.717) is 12.8 Å². The summed E-state index contributed by atoms with van der Waals surface area (Å²) in [5, 5.41) is 26.9. The number of hydrogen-bond donors (Lipinski definition) is 2. The first kappa shape index (κ1) is 37.7. The van der Waals surface area contributed by atoms with Gasteiger partial charge in [0.15, 0.2) is 0 Å². The molecule has 0 aliphatic carbocycles. The van der Waals surface area contributed by atoms with Crippen LogP contribution >= 0.6 is 6.83 Å². The van der Waals surface area contributed by atoms with Gasteiger partial charge in [0.25, 0.3) is 0 Å². The zero-order valence-corrected chi connectivity index (χ0v) is 33.9. The second kappa shape index (κ2) is 14.9. The standard InChI is InChI=1S/C51H51O3P/c1-34-8-18-45(19-9-34)55(46-20-10-35(2)11-21-46,47-22-12-36(3)13-23-47,48-24-14-37(4)15-25-48)54-51-43(32-41-28-38(5)16-26-49(41)52)30-40(7)31-44(51)33-42-29-39(6)17-27-50(42)53/h8-31,52-53H,32-33H2,1-7H3. The molecule has 2 N–H and O–H groups in total. The average molecular weight is 743 g/mol. The summed E-state index contributed by atoms with van der Waals surface area (Å²) in [4.78, 5) is 0. The molecule has 7 aromatic rings. The molecule has 7 aromatic carbocycles. The maximum atomic E-state index is 11.3. The van der Waals surface area contributed by atoms with Gasteiger partial charge in [-0.25, -0.2) is 0 Å². The first-order valence-corrected chi connectivity index (χ1v) is 21.2. The van der Waals surface area contributed by atoms with Crippen molar-refractivity contribution in [1.29, 1.82) is 0 Å². The molecule has 0 aliphatic rings. The summed E-state index contributed by atoms with van der Waals surface area (Å²) in [6, 6.07) is 51.7. The van der Waals surface area contributed by atoms with Crippen molar-refractivity contribution in [3.8, 4) is 17.2 Å². The van der Waals surface area contributed by atoms with E-state index in [-0.39, 0.29) is 11.5 Å². The van der Waals surface area contributed by atoms with Gasteiger partial charge in [0, 0.05) is 0 Å². The van der Waals surface area contributed by atoms with E-state index >= 15 is 0 Å². The zero-order valence-electron chi connectivity index (χ0n) is 33.0. The fourth-order valence-corrected chi connectivity index (χ4v) is 13.7. The fourth-order valence-electron chi connectivity index (χ4n) is 8.04. The number of phenols is 2. The number of aryl methyl sites for hydroxylation is 7. The van der Waals surface area contributed by atoms with Crippen molar-refractivity contribution in [2.45, 2.75) is 61.3 Å². The summed E-state index contributed by atoms with van der Waals surface area (Å²) >= 11 is 0. The number of hydrogen-bond acceptors (Lipinski definition) is 3. The molecule has 0 aliphatic heterocycles. The second-order valence-electron chi connectivity index (χ2n) is 15.5. The summed E-state index contributed by atoms with van der Waals surface area (Å²) in [7, 11) is 0. The van der Waals surface area contributed by atoms with Gasteiger partial charge in [-0.3, -0.25) is 0 Å². The van der Waals surface area contributed by atoms with Gasteiger partial charge in [-0.2, -0.15) is 0 Å². The van der Waals surface area contributed by atoms with Gasteiger partial charge in [-0.1, -0.05) is 0 Å². The molecule has 4 heteroatoms. The van der Waals surface area contributed by atoms with E-state index in [4.69, 9.17) is 4.52 Å². The van der Waals surface area contributed by atoms with Crippen molar-refractivity contribution < 1.29 is 14.7 Å². The van der Waals surface area contributed by atoms with E-state index < -0.39 is 6.83 Å². The van der Waals surface area contributed by atoms with E-state index in [0.717, 1.165) is 65.9 Å². The Labute approximate surface area is 327 Å². The van der Waals surface area contributed by atoms with Crippen LogP contribution < -0.4 is 25.7 Å². The SMILES string of the molecule is Cc1ccc(P(Oc2c(Cc3cc(C)ccc3O)cc(C)cc2Cc2cc(C)ccc2O)(c2ccc(C)cc2)(c2ccc(C)cc2)c2ccc(C)cc2)cc1. The quantitative estimate of drug-likeness (QED) is 0.137. The van der Waals surface area contributed by atoms with E-state index in [1.807, 2.05) is 12.1 Å². The van der Waals surface area contributed by atoms with E-state index in [1.54, 1.807) is 12.1 Å². The normalized spacial score (nSPS) is 12.2. The van der Waals surface area contributed by atoms with Gasteiger partial charge in [0.2, 0.25) is 0 Å². The Kier molecular flexibility index (Phi) is 10.2. The predicted octanol–water partition coefficient (Wildman–Crippen LogP) is 10.6. The molecular weight excluding hydrogens is 692 g/mol. The van der Waals surface area contributed by atoms with Crippen LogP contribution in [0.3, 0.4) is 0 Å². The minimum absolute atomic E-state index is 0.252. The van der Waals surface area contributed by atoms with Crippen molar-refractivity contribution in [2.75, 3.05) is 0 Å². The molecule has 3 nitrogen and oxygen atoms in total. The van der Waals surface area contributed by atoms with Crippen LogP contribution in [0.2, 0.25) is 0 Å². The third-order valence-corrected chi connectivity index (χ3v) is 16.7. The number of phenolic OH excluding ortho intramolecular Hbond substituents is 2. The van der Waals surface area contributed by atoms with Gasteiger partial charge in [-0.05, 0) is 0 Å². The van der Waals surface area contributed by atoms with Crippen molar-refractivity contribution in [3.05, 3.63) is 207 Å². The second-order valence-corrected chi connectivity index (χ2v) is 19.8. The van der Waals surface area contributed by atoms with Crippen LogP contribution in [0.4, 0.5) is 0 Å². The van der Waals surface area contributed by atoms with Crippen molar-refractivity contribution in [1.82, 2.24) is 0 Å². The summed E-state index contributed by atoms with van der Waals surface area (Å²) in [6.07, 6.45) is 0.904. The Morgan fingerprint density at radius 3 is 0.927 bits per heavy atom. The molecule has 0 fully saturated rings. The Hall–Kier alpha value is -5.63. The van der Waals surface area contributed by atoms with Crippen molar-refractivity contribution >= 4 is 28.0 Å². The van der Waals surface area contributed by atoms with Crippen LogP contribution in [0.15, 0.2) is 146 Å². The molecule has 0 aromatic heterocycles. The average Bonchev–Trinajstić information content (AvgIpc) is 3.16. The molecule has 0 spiro atoms. The predicted molar refractivity (Wildman–Crippen MR) is 233 cm³/mol. The molecule has 0 atom stereocenters. The van der Waals surface area contributed by atoms with Gasteiger partial charge < -0.3 is 0 Å². The molecule has 55 heavy (non-hydrogen) atoms. The third-order valence-electron chi connectivity index (χ3n) is 11.0. The minimum atomic E-state index is -4.23. The van der Waals surface area contributed by atoms with Gasteiger partial charge in [0.1, 0.15) is 0 Å². The van der Waals surface area contributed by atoms with Crippen LogP contribution in [0.25, 0.3) is 0 Å². The van der Waals surface area contributed by atoms with Crippen molar-refractivity contribution in [3.63, 3.8) is 0 Å². The van der Waals surface area contributed by atoms with Crippen LogP contribution in [-0.4, -0.2) is 10.2 Å². The molecule has 0 unspecified atom stereocenters. The van der Waals surface area contributed by atoms with Crippen LogP contribution in [0.1, 0.15) is 61.2 Å². The van der Waals surface area contributed by atoms with Crippen molar-refractivity contribution in [2.24, 2.45) is 0 Å². The third kappa shape index (κ3) is 6.95. The number of aromatic hydroxyl groups is 2. The summed E-state index contributed by atoms with van der Waals surface area (Å²) < 4.78 is 8.46. The molecule has 0 radical (unpaired) electrons. The molecule has 278 valence electrons. The molecule has 0 amide bonds. The number of benzene rings is 7. The molecule has 0 bridgehead atoms. The monoisotopic (exact) mass is 742 g/mol. The van der Waals surface area contributed by atoms with Crippen LogP contribution in [-0.2, 0) is 12.8 Å². The van der Waals surface area contributed by atoms with E-state index in [1.165, 1.54) is 22.3 Å². The molecule has 0 heterocycles. The van der Waals surface area contributed by atoms with Gasteiger partial charge in [0.05, 0.1) is 0 Å². The summed E-state index contributed by atoms with van der Waals surface area (Å²) in [5.41, 5.74) is 11.5. The Bertz CT molecular complexity index is 2210. The van der Waals surface area contributed by atoms with Gasteiger partial charge >= 0.3 is 328 Å². The Morgan fingerprint density at radius 1 is 0.345 bits per heavy atom. The Morgan fingerprint density at radius 2 is 0.618 bits per heavy atom. The molecule has 0 saturated carbocycles. The fraction of sp³-hybridized carbons (Fsp3) is 0.176. The zero-order chi connectivity index (χ0) is 38.9. The summed E-state index contributed by atoms with van der Waals surface area (Å²) in [6.45, 7) is 10.5. The van der Waals surface area contributed by atoms with Crippen LogP contribution in [0.5, 0.6) is 17.2 Å². The molecular formula is C51H51O3P. The molecule has 0 saturated heterocycles. The first-order valence-electron chi connectivity index (χ1n) is 19.1. The first-order chi connectivity index (χ1) is 26.4. The van der Waals surface area contributed by atoms with E-state index in [2.05, 4.69) is 170 Å².